The number of nitrogens with zero attached hydrogens (tertiary/aromatic N) is 1. The van der Waals surface area contributed by atoms with Crippen molar-refractivity contribution in [1.82, 2.24) is 9.62 Å². The Kier molecular flexibility index (Phi) is 6.09. The van der Waals surface area contributed by atoms with Crippen LogP contribution >= 0.6 is 0 Å². The summed E-state index contributed by atoms with van der Waals surface area (Å²) in [5, 5.41) is 3.36. The van der Waals surface area contributed by atoms with Crippen LogP contribution in [-0.4, -0.2) is 33.7 Å². The molecule has 1 aliphatic heterocycles. The molecule has 5 nitrogen and oxygen atoms in total. The van der Waals surface area contributed by atoms with Crippen LogP contribution in [0, 0.1) is 12.8 Å². The number of carbonyl (C=O) groups excluding carboxylic acids is 1. The lowest BCUT2D eigenvalue weighted by Crippen LogP contribution is -2.46. The van der Waals surface area contributed by atoms with E-state index in [0.717, 1.165) is 16.0 Å². The number of hydrogen-bond acceptors (Lipinski definition) is 4. The molecule has 0 amide bonds. The number of carbonyl (C=O) groups is 1. The molecule has 0 unspecified atom stereocenters. The summed E-state index contributed by atoms with van der Waals surface area (Å²) in [5.41, 5.74) is 2.08. The minimum absolute atomic E-state index is 0.102. The van der Waals surface area contributed by atoms with E-state index in [2.05, 4.69) is 5.32 Å². The Hall–Kier alpha value is -2.02. The number of rotatable bonds is 5. The molecule has 0 spiro atoms. The van der Waals surface area contributed by atoms with Crippen LogP contribution in [0.5, 0.6) is 0 Å². The lowest BCUT2D eigenvalue weighted by Gasteiger charge is -2.31. The van der Waals surface area contributed by atoms with Gasteiger partial charge in [0.05, 0.1) is 24.2 Å². The minimum Gasteiger partial charge on any atom is -0.468 e. The molecular formula is C21H26N2O3S. The number of esters is 1. The first-order valence-electron chi connectivity index (χ1n) is 9.09. The Balaban J connectivity index is 2.06. The zero-order valence-electron chi connectivity index (χ0n) is 16.1. The second-order valence-corrected chi connectivity index (χ2v) is 8.53. The molecule has 0 bridgehead atoms. The van der Waals surface area contributed by atoms with Crippen molar-refractivity contribution in [1.29, 1.82) is 0 Å². The summed E-state index contributed by atoms with van der Waals surface area (Å²) in [6.07, 6.45) is -0.343. The van der Waals surface area contributed by atoms with Crippen molar-refractivity contribution >= 4 is 17.0 Å². The van der Waals surface area contributed by atoms with Gasteiger partial charge in [-0.2, -0.15) is 4.31 Å². The van der Waals surface area contributed by atoms with Crippen LogP contribution in [0.1, 0.15) is 31.1 Å². The standard InChI is InChI=1S/C21H26N2O3S/c1-14(2)19-18(21(24)26-4)22-20(16-8-6-5-7-9-16)23(19)27(25)17-12-10-15(3)11-13-17/h5-14,18-20,22H,1-4H3/t18-,19+,20-,27-/m0/s1. The number of aryl methyl sites for hydroxylation is 1. The summed E-state index contributed by atoms with van der Waals surface area (Å²) < 4.78 is 20.5. The van der Waals surface area contributed by atoms with Crippen LogP contribution in [-0.2, 0) is 20.5 Å². The fourth-order valence-corrected chi connectivity index (χ4v) is 5.11. The molecule has 3 rings (SSSR count). The number of ether oxygens (including phenoxy) is 1. The van der Waals surface area contributed by atoms with E-state index >= 15 is 0 Å². The summed E-state index contributed by atoms with van der Waals surface area (Å²) in [7, 11) is -0.0370. The first kappa shape index (κ1) is 19.7. The van der Waals surface area contributed by atoms with Gasteiger partial charge >= 0.3 is 5.97 Å². The Labute approximate surface area is 163 Å². The molecule has 6 heteroatoms. The van der Waals surface area contributed by atoms with Gasteiger partial charge in [0.15, 0.2) is 0 Å². The zero-order chi connectivity index (χ0) is 19.6. The van der Waals surface area contributed by atoms with Crippen molar-refractivity contribution in [3.63, 3.8) is 0 Å². The lowest BCUT2D eigenvalue weighted by atomic mass is 9.98. The van der Waals surface area contributed by atoms with E-state index in [0.29, 0.717) is 0 Å². The smallest absolute Gasteiger partial charge is 0.324 e. The second kappa shape index (κ2) is 8.33. The molecule has 144 valence electrons. The van der Waals surface area contributed by atoms with Gasteiger partial charge < -0.3 is 4.74 Å². The van der Waals surface area contributed by atoms with Gasteiger partial charge in [-0.3, -0.25) is 10.1 Å². The Morgan fingerprint density at radius 2 is 1.74 bits per heavy atom. The van der Waals surface area contributed by atoms with E-state index in [1.54, 1.807) is 0 Å². The zero-order valence-corrected chi connectivity index (χ0v) is 16.9. The van der Waals surface area contributed by atoms with E-state index in [1.807, 2.05) is 79.7 Å². The quantitative estimate of drug-likeness (QED) is 0.802. The third-order valence-electron chi connectivity index (χ3n) is 4.89. The van der Waals surface area contributed by atoms with Gasteiger partial charge in [0.25, 0.3) is 0 Å². The van der Waals surface area contributed by atoms with Crippen LogP contribution in [0.25, 0.3) is 0 Å². The summed E-state index contributed by atoms with van der Waals surface area (Å²) in [6, 6.07) is 16.7. The van der Waals surface area contributed by atoms with Crippen molar-refractivity contribution in [3.05, 3.63) is 65.7 Å². The summed E-state index contributed by atoms with van der Waals surface area (Å²) in [5.74, 6) is -0.234. The third-order valence-corrected chi connectivity index (χ3v) is 6.41. The van der Waals surface area contributed by atoms with Gasteiger partial charge in [-0.15, -0.1) is 0 Å². The summed E-state index contributed by atoms with van der Waals surface area (Å²) in [6.45, 7) is 6.07. The number of nitrogens with one attached hydrogen (secondary N) is 1. The molecule has 27 heavy (non-hydrogen) atoms. The van der Waals surface area contributed by atoms with Gasteiger partial charge in [0, 0.05) is 0 Å². The molecule has 1 aliphatic rings. The van der Waals surface area contributed by atoms with Gasteiger partial charge in [0.1, 0.15) is 17.0 Å². The Bertz CT molecular complexity index is 808. The maximum absolute atomic E-state index is 13.6. The van der Waals surface area contributed by atoms with Gasteiger partial charge in [-0.1, -0.05) is 61.9 Å². The van der Waals surface area contributed by atoms with Crippen molar-refractivity contribution < 1.29 is 13.7 Å². The van der Waals surface area contributed by atoms with Gasteiger partial charge in [-0.05, 0) is 30.5 Å². The van der Waals surface area contributed by atoms with E-state index in [1.165, 1.54) is 7.11 Å². The van der Waals surface area contributed by atoms with Crippen molar-refractivity contribution in [3.8, 4) is 0 Å². The first-order valence-corrected chi connectivity index (χ1v) is 10.2. The number of benzene rings is 2. The van der Waals surface area contributed by atoms with Crippen LogP contribution in [0.15, 0.2) is 59.5 Å². The largest absolute Gasteiger partial charge is 0.468 e. The van der Waals surface area contributed by atoms with Crippen LogP contribution in [0.3, 0.4) is 0 Å². The molecule has 0 radical (unpaired) electrons. The molecule has 0 aromatic heterocycles. The highest BCUT2D eigenvalue weighted by atomic mass is 32.2. The highest BCUT2D eigenvalue weighted by Gasteiger charge is 2.49. The monoisotopic (exact) mass is 386 g/mol. The molecule has 2 aromatic carbocycles. The molecule has 1 saturated heterocycles. The number of hydrogen-bond donors (Lipinski definition) is 1. The lowest BCUT2D eigenvalue weighted by molar-refractivity contribution is -0.143. The molecular weight excluding hydrogens is 360 g/mol. The van der Waals surface area contributed by atoms with Gasteiger partial charge in [0.2, 0.25) is 0 Å². The van der Waals surface area contributed by atoms with Crippen molar-refractivity contribution in [2.75, 3.05) is 7.11 Å². The average Bonchev–Trinajstić information content (AvgIpc) is 3.09. The highest BCUT2D eigenvalue weighted by molar-refractivity contribution is 7.82. The van der Waals surface area contributed by atoms with Crippen LogP contribution < -0.4 is 5.32 Å². The van der Waals surface area contributed by atoms with Crippen LogP contribution in [0.2, 0.25) is 0 Å². The maximum Gasteiger partial charge on any atom is 0.324 e. The van der Waals surface area contributed by atoms with Crippen LogP contribution in [0.4, 0.5) is 0 Å². The normalized spacial score (nSPS) is 24.1. The SMILES string of the molecule is COC(=O)[C@H]1N[C@H](c2ccccc2)N([S@@](=O)c2ccc(C)cc2)[C@@H]1C(C)C. The molecule has 0 aliphatic carbocycles. The Morgan fingerprint density at radius 3 is 2.30 bits per heavy atom. The van der Waals surface area contributed by atoms with Gasteiger partial charge in [-0.25, -0.2) is 4.21 Å². The third kappa shape index (κ3) is 3.98. The average molecular weight is 387 g/mol. The molecule has 1 fully saturated rings. The maximum atomic E-state index is 13.6. The minimum atomic E-state index is -1.42. The molecule has 4 atom stereocenters. The summed E-state index contributed by atoms with van der Waals surface area (Å²) >= 11 is 0. The molecule has 0 saturated carbocycles. The molecule has 1 N–H and O–H groups in total. The van der Waals surface area contributed by atoms with E-state index < -0.39 is 17.0 Å². The predicted molar refractivity (Wildman–Crippen MR) is 106 cm³/mol. The first-order chi connectivity index (χ1) is 12.9. The van der Waals surface area contributed by atoms with E-state index in [9.17, 15) is 9.00 Å². The van der Waals surface area contributed by atoms with E-state index in [4.69, 9.17) is 4.74 Å². The van der Waals surface area contributed by atoms with Crippen molar-refractivity contribution in [2.45, 2.75) is 43.9 Å². The second-order valence-electron chi connectivity index (χ2n) is 7.14. The van der Waals surface area contributed by atoms with E-state index in [-0.39, 0.29) is 24.1 Å². The Morgan fingerprint density at radius 1 is 1.11 bits per heavy atom. The fraction of sp³-hybridized carbons (Fsp3) is 0.381. The molecule has 1 heterocycles. The number of methoxy groups -OCH3 is 1. The topological polar surface area (TPSA) is 58.6 Å². The highest BCUT2D eigenvalue weighted by Crippen LogP contribution is 2.36. The summed E-state index contributed by atoms with van der Waals surface area (Å²) in [4.78, 5) is 13.2. The predicted octanol–water partition coefficient (Wildman–Crippen LogP) is 3.19. The molecule has 2 aromatic rings. The van der Waals surface area contributed by atoms with Crippen molar-refractivity contribution in [2.24, 2.45) is 5.92 Å². The fourth-order valence-electron chi connectivity index (χ4n) is 3.54.